The molecular weight excluding hydrogens is 308 g/mol. The summed E-state index contributed by atoms with van der Waals surface area (Å²) in [5.41, 5.74) is 7.87. The van der Waals surface area contributed by atoms with Crippen molar-refractivity contribution >= 4 is 19.5 Å². The van der Waals surface area contributed by atoms with Crippen LogP contribution in [0.25, 0.3) is 0 Å². The van der Waals surface area contributed by atoms with Gasteiger partial charge in [-0.1, -0.05) is 44.2 Å². The van der Waals surface area contributed by atoms with Crippen LogP contribution in [0, 0.1) is 17.3 Å². The molecule has 0 radical (unpaired) electrons. The highest BCUT2D eigenvalue weighted by molar-refractivity contribution is 6.47. The molecule has 23 heavy (non-hydrogen) atoms. The first-order chi connectivity index (χ1) is 10.4. The summed E-state index contributed by atoms with van der Waals surface area (Å²) in [4.78, 5) is 0. The topological polar surface area (TPSA) is 44.5 Å². The summed E-state index contributed by atoms with van der Waals surface area (Å²) >= 11 is 0. The van der Waals surface area contributed by atoms with Gasteiger partial charge in [0.05, 0.1) is 11.7 Å². The molecule has 4 fully saturated rings. The highest BCUT2D eigenvalue weighted by atomic mass is 35.5. The van der Waals surface area contributed by atoms with Crippen molar-refractivity contribution < 1.29 is 9.31 Å². The van der Waals surface area contributed by atoms with Gasteiger partial charge < -0.3 is 15.0 Å². The van der Waals surface area contributed by atoms with E-state index >= 15 is 0 Å². The molecule has 3 aliphatic carbocycles. The van der Waals surface area contributed by atoms with Gasteiger partial charge in [-0.2, -0.15) is 0 Å². The van der Waals surface area contributed by atoms with Gasteiger partial charge in [-0.15, -0.1) is 12.4 Å². The van der Waals surface area contributed by atoms with Crippen LogP contribution in [0.2, 0.25) is 0 Å². The van der Waals surface area contributed by atoms with Gasteiger partial charge in [0.1, 0.15) is 0 Å². The minimum absolute atomic E-state index is 0. The molecule has 0 spiro atoms. The van der Waals surface area contributed by atoms with E-state index in [4.69, 9.17) is 15.0 Å². The minimum atomic E-state index is -0.273. The van der Waals surface area contributed by atoms with Crippen molar-refractivity contribution in [2.45, 2.75) is 57.7 Å². The number of hydrogen-bond acceptors (Lipinski definition) is 3. The van der Waals surface area contributed by atoms with Gasteiger partial charge in [-0.05, 0) is 49.0 Å². The Hall–Kier alpha value is -0.545. The zero-order valence-electron chi connectivity index (χ0n) is 14.2. The van der Waals surface area contributed by atoms with Gasteiger partial charge in [0.25, 0.3) is 0 Å². The lowest BCUT2D eigenvalue weighted by atomic mass is 9.43. The van der Waals surface area contributed by atoms with Crippen molar-refractivity contribution in [1.29, 1.82) is 0 Å². The zero-order valence-corrected chi connectivity index (χ0v) is 15.0. The van der Waals surface area contributed by atoms with E-state index in [2.05, 4.69) is 45.0 Å². The molecule has 0 amide bonds. The fraction of sp³-hybridized carbons (Fsp3) is 0.667. The standard InChI is InChI=1S/C18H26BNO2.ClH/c1-17(2)13-10-14(17)18(3)15(11-13)21-19(22-18)16(20)9-12-7-5-4-6-8-12;/h4-8,13-16H,9-11,20H2,1-3H3;1H/t13-,14-,15+,16-,18-;/m1./s1. The number of rotatable bonds is 3. The molecule has 1 saturated heterocycles. The van der Waals surface area contributed by atoms with Crippen LogP contribution >= 0.6 is 12.4 Å². The van der Waals surface area contributed by atoms with Gasteiger partial charge in [-0.25, -0.2) is 0 Å². The van der Waals surface area contributed by atoms with Gasteiger partial charge in [0, 0.05) is 5.94 Å². The van der Waals surface area contributed by atoms with E-state index in [1.165, 1.54) is 12.0 Å². The molecule has 1 heterocycles. The van der Waals surface area contributed by atoms with Crippen molar-refractivity contribution in [3.05, 3.63) is 35.9 Å². The molecule has 5 atom stereocenters. The molecule has 1 aliphatic heterocycles. The van der Waals surface area contributed by atoms with Gasteiger partial charge >= 0.3 is 7.12 Å². The Kier molecular flexibility index (Phi) is 4.33. The summed E-state index contributed by atoms with van der Waals surface area (Å²) in [5, 5.41) is 0. The average Bonchev–Trinajstić information content (AvgIpc) is 2.85. The van der Waals surface area contributed by atoms with Crippen molar-refractivity contribution in [3.63, 3.8) is 0 Å². The molecule has 1 aromatic rings. The van der Waals surface area contributed by atoms with E-state index in [0.717, 1.165) is 18.8 Å². The Morgan fingerprint density at radius 3 is 2.57 bits per heavy atom. The number of hydrogen-bond donors (Lipinski definition) is 1. The van der Waals surface area contributed by atoms with Gasteiger partial charge in [0.2, 0.25) is 0 Å². The van der Waals surface area contributed by atoms with E-state index in [0.29, 0.717) is 11.3 Å². The molecule has 3 saturated carbocycles. The molecule has 5 heteroatoms. The van der Waals surface area contributed by atoms with Crippen LogP contribution in [0.1, 0.15) is 39.2 Å². The molecular formula is C18H27BClNO2. The third kappa shape index (κ3) is 2.55. The van der Waals surface area contributed by atoms with Gasteiger partial charge in [0.15, 0.2) is 0 Å². The Labute approximate surface area is 145 Å². The fourth-order valence-corrected chi connectivity index (χ4v) is 5.06. The van der Waals surface area contributed by atoms with Crippen LogP contribution in [0.15, 0.2) is 30.3 Å². The van der Waals surface area contributed by atoms with Crippen LogP contribution in [0.3, 0.4) is 0 Å². The molecule has 3 nitrogen and oxygen atoms in total. The Bertz CT molecular complexity index is 569. The molecule has 4 aliphatic rings. The van der Waals surface area contributed by atoms with E-state index in [1.807, 2.05) is 6.07 Å². The maximum atomic E-state index is 6.43. The van der Waals surface area contributed by atoms with E-state index in [9.17, 15) is 0 Å². The molecule has 0 aromatic heterocycles. The third-order valence-corrected chi connectivity index (χ3v) is 6.63. The number of benzene rings is 1. The summed E-state index contributed by atoms with van der Waals surface area (Å²) in [5.74, 6) is 1.27. The second kappa shape index (κ2) is 5.77. The Morgan fingerprint density at radius 1 is 1.22 bits per heavy atom. The second-order valence-electron chi connectivity index (χ2n) is 8.19. The van der Waals surface area contributed by atoms with Crippen molar-refractivity contribution in [2.24, 2.45) is 23.0 Å². The zero-order chi connectivity index (χ0) is 15.5. The maximum Gasteiger partial charge on any atom is 0.475 e. The Balaban J connectivity index is 0.00000156. The number of halogens is 1. The lowest BCUT2D eigenvalue weighted by molar-refractivity contribution is -0.199. The van der Waals surface area contributed by atoms with Crippen LogP contribution in [-0.4, -0.2) is 24.8 Å². The van der Waals surface area contributed by atoms with Crippen LogP contribution in [0.5, 0.6) is 0 Å². The monoisotopic (exact) mass is 335 g/mol. The minimum Gasteiger partial charge on any atom is -0.404 e. The molecule has 126 valence electrons. The summed E-state index contributed by atoms with van der Waals surface area (Å²) in [6, 6.07) is 10.4. The van der Waals surface area contributed by atoms with E-state index in [1.54, 1.807) is 0 Å². The fourth-order valence-electron chi connectivity index (χ4n) is 5.06. The molecule has 2 N–H and O–H groups in total. The predicted molar refractivity (Wildman–Crippen MR) is 95.5 cm³/mol. The van der Waals surface area contributed by atoms with Gasteiger partial charge in [-0.3, -0.25) is 0 Å². The number of nitrogens with two attached hydrogens (primary N) is 1. The summed E-state index contributed by atoms with van der Waals surface area (Å²) in [6.45, 7) is 7.01. The second-order valence-corrected chi connectivity index (χ2v) is 8.19. The maximum absolute atomic E-state index is 6.43. The summed E-state index contributed by atoms with van der Waals surface area (Å²) in [7, 11) is -0.273. The summed E-state index contributed by atoms with van der Waals surface area (Å²) < 4.78 is 12.7. The molecule has 1 aromatic carbocycles. The lowest BCUT2D eigenvalue weighted by Crippen LogP contribution is -2.65. The first-order valence-corrected chi connectivity index (χ1v) is 8.54. The molecule has 2 bridgehead atoms. The molecule has 5 rings (SSSR count). The van der Waals surface area contributed by atoms with E-state index in [-0.39, 0.29) is 37.2 Å². The first-order valence-electron chi connectivity index (χ1n) is 8.54. The van der Waals surface area contributed by atoms with E-state index < -0.39 is 0 Å². The van der Waals surface area contributed by atoms with Crippen LogP contribution < -0.4 is 5.73 Å². The van der Waals surface area contributed by atoms with Crippen molar-refractivity contribution in [1.82, 2.24) is 0 Å². The predicted octanol–water partition coefficient (Wildman–Crippen LogP) is 3.25. The third-order valence-electron chi connectivity index (χ3n) is 6.63. The van der Waals surface area contributed by atoms with Crippen molar-refractivity contribution in [2.75, 3.05) is 0 Å². The Morgan fingerprint density at radius 2 is 1.91 bits per heavy atom. The highest BCUT2D eigenvalue weighted by Crippen LogP contribution is 2.65. The largest absolute Gasteiger partial charge is 0.475 e. The van der Waals surface area contributed by atoms with Crippen molar-refractivity contribution in [3.8, 4) is 0 Å². The lowest BCUT2D eigenvalue weighted by Gasteiger charge is -2.64. The normalized spacial score (nSPS) is 38.3. The highest BCUT2D eigenvalue weighted by Gasteiger charge is 2.68. The summed E-state index contributed by atoms with van der Waals surface area (Å²) in [6.07, 6.45) is 3.42. The quantitative estimate of drug-likeness (QED) is 0.862. The average molecular weight is 336 g/mol. The van der Waals surface area contributed by atoms with Crippen LogP contribution in [-0.2, 0) is 15.7 Å². The SMILES string of the molecule is CC1(C)[C@H]2C[C@@H]3OB([C@H](N)Cc4ccccc4)O[C@]3(C)[C@@H]1C2.Cl. The van der Waals surface area contributed by atoms with Crippen LogP contribution in [0.4, 0.5) is 0 Å². The first kappa shape index (κ1) is 17.3. The molecule has 0 unspecified atom stereocenters. The smallest absolute Gasteiger partial charge is 0.404 e.